The van der Waals surface area contributed by atoms with Crippen LogP contribution in [0.3, 0.4) is 0 Å². The van der Waals surface area contributed by atoms with Crippen molar-refractivity contribution in [1.29, 1.82) is 0 Å². The van der Waals surface area contributed by atoms with Crippen LogP contribution in [0.15, 0.2) is 53.4 Å². The fourth-order valence-electron chi connectivity index (χ4n) is 2.56. The van der Waals surface area contributed by atoms with Gasteiger partial charge in [-0.1, -0.05) is 18.2 Å². The lowest BCUT2D eigenvalue weighted by atomic mass is 10.2. The third-order valence-corrected chi connectivity index (χ3v) is 4.54. The van der Waals surface area contributed by atoms with E-state index in [1.54, 1.807) is 18.4 Å². The topological polar surface area (TPSA) is 89.8 Å². The lowest BCUT2D eigenvalue weighted by molar-refractivity contribution is -0.387. The van der Waals surface area contributed by atoms with Crippen molar-refractivity contribution < 1.29 is 19.2 Å². The molecule has 0 heterocycles. The zero-order valence-electron chi connectivity index (χ0n) is 15.2. The molecule has 8 heteroatoms. The number of nitrogens with zero attached hydrogens (tertiary/aromatic N) is 2. The Labute approximate surface area is 161 Å². The van der Waals surface area contributed by atoms with Crippen molar-refractivity contribution >= 4 is 35.0 Å². The molecular weight excluding hydrogens is 368 g/mol. The van der Waals surface area contributed by atoms with Gasteiger partial charge >= 0.3 is 5.97 Å². The number of hydrogen-bond donors (Lipinski definition) is 0. The Balaban J connectivity index is 2.11. The number of hydrogen-bond acceptors (Lipinski definition) is 6. The Kier molecular flexibility index (Phi) is 6.95. The second-order valence-electron chi connectivity index (χ2n) is 5.91. The molecule has 0 aromatic heterocycles. The summed E-state index contributed by atoms with van der Waals surface area (Å²) in [7, 11) is 0. The van der Waals surface area contributed by atoms with Gasteiger partial charge in [-0.25, -0.2) is 4.79 Å². The van der Waals surface area contributed by atoms with E-state index in [0.717, 1.165) is 6.07 Å². The summed E-state index contributed by atoms with van der Waals surface area (Å²) in [4.78, 5) is 37.3. The SMILES string of the molecule is CSc1ccc(C(=O)OCC(=O)N(c2ccccc2)C(C)C)cc1[N+](=O)[O-]. The van der Waals surface area contributed by atoms with Crippen molar-refractivity contribution in [3.63, 3.8) is 0 Å². The van der Waals surface area contributed by atoms with E-state index in [4.69, 9.17) is 4.74 Å². The van der Waals surface area contributed by atoms with Gasteiger partial charge in [-0.15, -0.1) is 11.8 Å². The number of rotatable bonds is 7. The largest absolute Gasteiger partial charge is 0.452 e. The number of carbonyl (C=O) groups excluding carboxylic acids is 2. The van der Waals surface area contributed by atoms with Crippen LogP contribution in [-0.4, -0.2) is 35.7 Å². The van der Waals surface area contributed by atoms with Gasteiger partial charge < -0.3 is 9.64 Å². The first-order valence-corrected chi connectivity index (χ1v) is 9.44. The number of esters is 1. The maximum atomic E-state index is 12.5. The van der Waals surface area contributed by atoms with E-state index in [9.17, 15) is 19.7 Å². The Bertz CT molecular complexity index is 839. The summed E-state index contributed by atoms with van der Waals surface area (Å²) in [5.41, 5.74) is 0.563. The molecule has 27 heavy (non-hydrogen) atoms. The lowest BCUT2D eigenvalue weighted by Gasteiger charge is -2.26. The van der Waals surface area contributed by atoms with E-state index in [-0.39, 0.29) is 23.2 Å². The van der Waals surface area contributed by atoms with Gasteiger partial charge in [0.2, 0.25) is 0 Å². The fourth-order valence-corrected chi connectivity index (χ4v) is 3.11. The van der Waals surface area contributed by atoms with Gasteiger partial charge in [0.25, 0.3) is 11.6 Å². The molecule has 0 unspecified atom stereocenters. The van der Waals surface area contributed by atoms with Crippen LogP contribution < -0.4 is 4.90 Å². The number of benzene rings is 2. The Morgan fingerprint density at radius 1 is 1.19 bits per heavy atom. The van der Waals surface area contributed by atoms with Crippen molar-refractivity contribution in [2.24, 2.45) is 0 Å². The molecule has 2 rings (SSSR count). The van der Waals surface area contributed by atoms with Crippen LogP contribution in [0, 0.1) is 10.1 Å². The van der Waals surface area contributed by atoms with Gasteiger partial charge in [-0.3, -0.25) is 14.9 Å². The smallest absolute Gasteiger partial charge is 0.338 e. The number of nitro benzene ring substituents is 1. The number of amides is 1. The molecule has 0 atom stereocenters. The Morgan fingerprint density at radius 3 is 2.41 bits per heavy atom. The number of carbonyl (C=O) groups is 2. The van der Waals surface area contributed by atoms with Crippen molar-refractivity contribution in [2.45, 2.75) is 24.8 Å². The first-order chi connectivity index (χ1) is 12.8. The highest BCUT2D eigenvalue weighted by Gasteiger charge is 2.22. The predicted octanol–water partition coefficient (Wildman–Crippen LogP) is 3.92. The summed E-state index contributed by atoms with van der Waals surface area (Å²) in [5.74, 6) is -1.16. The molecule has 0 aliphatic carbocycles. The van der Waals surface area contributed by atoms with Crippen molar-refractivity contribution in [1.82, 2.24) is 0 Å². The summed E-state index contributed by atoms with van der Waals surface area (Å²) < 4.78 is 5.09. The van der Waals surface area contributed by atoms with E-state index in [1.807, 2.05) is 32.0 Å². The van der Waals surface area contributed by atoms with Crippen LogP contribution in [0.5, 0.6) is 0 Å². The molecule has 0 spiro atoms. The van der Waals surface area contributed by atoms with Gasteiger partial charge in [0, 0.05) is 17.8 Å². The molecule has 0 saturated carbocycles. The number of anilines is 1. The van der Waals surface area contributed by atoms with Gasteiger partial charge in [-0.05, 0) is 44.4 Å². The van der Waals surface area contributed by atoms with Crippen molar-refractivity contribution in [2.75, 3.05) is 17.8 Å². The first-order valence-electron chi connectivity index (χ1n) is 8.21. The standard InChI is InChI=1S/C19H20N2O5S/c1-13(2)20(15-7-5-4-6-8-15)18(22)12-26-19(23)14-9-10-17(27-3)16(11-14)21(24)25/h4-11,13H,12H2,1-3H3. The minimum Gasteiger partial charge on any atom is -0.452 e. The molecule has 0 fully saturated rings. The molecule has 2 aromatic rings. The van der Waals surface area contributed by atoms with Gasteiger partial charge in [0.05, 0.1) is 15.4 Å². The second kappa shape index (κ2) is 9.18. The van der Waals surface area contributed by atoms with Crippen LogP contribution in [0.25, 0.3) is 0 Å². The minimum atomic E-state index is -0.782. The number of ether oxygens (including phenoxy) is 1. The molecule has 142 valence electrons. The average Bonchev–Trinajstić information content (AvgIpc) is 2.66. The molecule has 1 amide bonds. The minimum absolute atomic E-state index is 0.0307. The molecule has 0 saturated heterocycles. The summed E-state index contributed by atoms with van der Waals surface area (Å²) in [5, 5.41) is 11.1. The summed E-state index contributed by atoms with van der Waals surface area (Å²) in [6.07, 6.45) is 1.71. The van der Waals surface area contributed by atoms with Crippen LogP contribution in [0.4, 0.5) is 11.4 Å². The maximum absolute atomic E-state index is 12.5. The zero-order chi connectivity index (χ0) is 20.0. The van der Waals surface area contributed by atoms with E-state index in [0.29, 0.717) is 10.6 Å². The number of para-hydroxylation sites is 1. The summed E-state index contributed by atoms with van der Waals surface area (Å²) >= 11 is 1.21. The molecule has 0 bridgehead atoms. The molecular formula is C19H20N2O5S. The normalized spacial score (nSPS) is 10.5. The third kappa shape index (κ3) is 5.07. The van der Waals surface area contributed by atoms with Gasteiger partial charge in [0.1, 0.15) is 0 Å². The van der Waals surface area contributed by atoms with Crippen molar-refractivity contribution in [3.05, 3.63) is 64.2 Å². The highest BCUT2D eigenvalue weighted by molar-refractivity contribution is 7.98. The number of thioether (sulfide) groups is 1. The molecule has 0 N–H and O–H groups in total. The molecule has 0 radical (unpaired) electrons. The number of nitro groups is 1. The second-order valence-corrected chi connectivity index (χ2v) is 6.76. The third-order valence-electron chi connectivity index (χ3n) is 3.76. The van der Waals surface area contributed by atoms with E-state index < -0.39 is 17.5 Å². The van der Waals surface area contributed by atoms with Crippen molar-refractivity contribution in [3.8, 4) is 0 Å². The molecule has 7 nitrogen and oxygen atoms in total. The monoisotopic (exact) mass is 388 g/mol. The van der Waals surface area contributed by atoms with Crippen LogP contribution >= 0.6 is 11.8 Å². The maximum Gasteiger partial charge on any atom is 0.338 e. The molecule has 2 aromatic carbocycles. The van der Waals surface area contributed by atoms with Gasteiger partial charge in [0.15, 0.2) is 6.61 Å². The quantitative estimate of drug-likeness (QED) is 0.309. The summed E-state index contributed by atoms with van der Waals surface area (Å²) in [6, 6.07) is 13.0. The van der Waals surface area contributed by atoms with Crippen LogP contribution in [-0.2, 0) is 9.53 Å². The lowest BCUT2D eigenvalue weighted by Crippen LogP contribution is -2.39. The van der Waals surface area contributed by atoms with Crippen LogP contribution in [0.2, 0.25) is 0 Å². The van der Waals surface area contributed by atoms with Gasteiger partial charge in [-0.2, -0.15) is 0 Å². The van der Waals surface area contributed by atoms with E-state index in [1.165, 1.54) is 28.8 Å². The zero-order valence-corrected chi connectivity index (χ0v) is 16.1. The molecule has 0 aliphatic heterocycles. The average molecular weight is 388 g/mol. The fraction of sp³-hybridized carbons (Fsp3) is 0.263. The van der Waals surface area contributed by atoms with E-state index in [2.05, 4.69) is 0 Å². The summed E-state index contributed by atoms with van der Waals surface area (Å²) in [6.45, 7) is 3.26. The molecule has 0 aliphatic rings. The predicted molar refractivity (Wildman–Crippen MR) is 104 cm³/mol. The van der Waals surface area contributed by atoms with Crippen LogP contribution in [0.1, 0.15) is 24.2 Å². The highest BCUT2D eigenvalue weighted by Crippen LogP contribution is 2.28. The highest BCUT2D eigenvalue weighted by atomic mass is 32.2. The Hall–Kier alpha value is -2.87. The Morgan fingerprint density at radius 2 is 1.85 bits per heavy atom. The van der Waals surface area contributed by atoms with E-state index >= 15 is 0 Å². The first kappa shape index (κ1) is 20.4.